The molecule has 0 saturated carbocycles. The van der Waals surface area contributed by atoms with Gasteiger partial charge in [0.05, 0.1) is 0 Å². The Morgan fingerprint density at radius 3 is 2.10 bits per heavy atom. The molecule has 31 heavy (non-hydrogen) atoms. The first-order chi connectivity index (χ1) is 15.0. The Bertz CT molecular complexity index is 766. The summed E-state index contributed by atoms with van der Waals surface area (Å²) in [4.78, 5) is 20.9. The zero-order valence-corrected chi connectivity index (χ0v) is 20.6. The fourth-order valence-corrected chi connectivity index (χ4v) is 3.93. The standard InChI is InChI=1S/C25H35ClN2O2S/c1-4-5-6-7-8-9-10-11-16-31-25-27-17-21(18-28-25)20-12-14-22(15-13-20)30-24(29)23(26)19(2)3/h12-15,17-19,23H,4-11,16H2,1-3H3/t23-/m0/s1. The molecule has 0 fully saturated rings. The predicted octanol–water partition coefficient (Wildman–Crippen LogP) is 7.55. The number of hydrogen-bond donors (Lipinski definition) is 0. The van der Waals surface area contributed by atoms with Gasteiger partial charge in [-0.3, -0.25) is 4.79 Å². The van der Waals surface area contributed by atoms with Crippen LogP contribution >= 0.6 is 23.4 Å². The van der Waals surface area contributed by atoms with Crippen molar-refractivity contribution in [2.24, 2.45) is 5.92 Å². The van der Waals surface area contributed by atoms with Gasteiger partial charge in [0.2, 0.25) is 0 Å². The molecule has 1 aromatic heterocycles. The summed E-state index contributed by atoms with van der Waals surface area (Å²) in [6.07, 6.45) is 14.3. The molecule has 0 saturated heterocycles. The molecule has 0 radical (unpaired) electrons. The minimum Gasteiger partial charge on any atom is -0.425 e. The number of ether oxygens (including phenoxy) is 1. The highest BCUT2D eigenvalue weighted by Crippen LogP contribution is 2.24. The quantitative estimate of drug-likeness (QED) is 0.0724. The van der Waals surface area contributed by atoms with Gasteiger partial charge in [0.1, 0.15) is 11.1 Å². The summed E-state index contributed by atoms with van der Waals surface area (Å²) < 4.78 is 5.34. The largest absolute Gasteiger partial charge is 0.425 e. The first-order valence-corrected chi connectivity index (χ1v) is 12.8. The third-order valence-corrected chi connectivity index (χ3v) is 6.72. The Kier molecular flexibility index (Phi) is 12.0. The number of thioether (sulfide) groups is 1. The minimum absolute atomic E-state index is 0.0255. The number of rotatable bonds is 14. The third-order valence-electron chi connectivity index (χ3n) is 5.07. The van der Waals surface area contributed by atoms with Gasteiger partial charge in [0, 0.05) is 23.7 Å². The van der Waals surface area contributed by atoms with E-state index in [1.807, 2.05) is 38.4 Å². The van der Waals surface area contributed by atoms with E-state index in [4.69, 9.17) is 16.3 Å². The van der Waals surface area contributed by atoms with Crippen LogP contribution in [0.2, 0.25) is 0 Å². The zero-order valence-electron chi connectivity index (χ0n) is 19.0. The van der Waals surface area contributed by atoms with Crippen molar-refractivity contribution in [2.75, 3.05) is 5.75 Å². The lowest BCUT2D eigenvalue weighted by molar-refractivity contribution is -0.134. The summed E-state index contributed by atoms with van der Waals surface area (Å²) >= 11 is 7.77. The molecule has 0 unspecified atom stereocenters. The summed E-state index contributed by atoms with van der Waals surface area (Å²) in [7, 11) is 0. The van der Waals surface area contributed by atoms with Crippen LogP contribution < -0.4 is 4.74 Å². The van der Waals surface area contributed by atoms with Crippen molar-refractivity contribution in [1.29, 1.82) is 0 Å². The number of unbranched alkanes of at least 4 members (excludes halogenated alkanes) is 7. The molecule has 2 aromatic rings. The van der Waals surface area contributed by atoms with Crippen molar-refractivity contribution in [2.45, 2.75) is 82.7 Å². The number of alkyl halides is 1. The molecule has 4 nitrogen and oxygen atoms in total. The second-order valence-corrected chi connectivity index (χ2v) is 9.70. The van der Waals surface area contributed by atoms with Gasteiger partial charge in [-0.1, -0.05) is 89.6 Å². The molecular weight excluding hydrogens is 428 g/mol. The molecule has 2 rings (SSSR count). The third kappa shape index (κ3) is 9.61. The average Bonchev–Trinajstić information content (AvgIpc) is 2.78. The molecule has 0 amide bonds. The Morgan fingerprint density at radius 2 is 1.52 bits per heavy atom. The van der Waals surface area contributed by atoms with Crippen molar-refractivity contribution >= 4 is 29.3 Å². The lowest BCUT2D eigenvalue weighted by atomic mass is 10.1. The Morgan fingerprint density at radius 1 is 0.935 bits per heavy atom. The first-order valence-electron chi connectivity index (χ1n) is 11.4. The smallest absolute Gasteiger partial charge is 0.329 e. The van der Waals surface area contributed by atoms with E-state index in [0.717, 1.165) is 22.0 Å². The summed E-state index contributed by atoms with van der Waals surface area (Å²) in [5.74, 6) is 1.15. The van der Waals surface area contributed by atoms with Crippen molar-refractivity contribution in [1.82, 2.24) is 9.97 Å². The molecule has 170 valence electrons. The van der Waals surface area contributed by atoms with Crippen LogP contribution in [0.5, 0.6) is 5.75 Å². The highest BCUT2D eigenvalue weighted by Gasteiger charge is 2.21. The highest BCUT2D eigenvalue weighted by atomic mass is 35.5. The van der Waals surface area contributed by atoms with Gasteiger partial charge in [-0.25, -0.2) is 9.97 Å². The number of esters is 1. The van der Waals surface area contributed by atoms with Crippen LogP contribution in [0.1, 0.15) is 72.1 Å². The van der Waals surface area contributed by atoms with Crippen LogP contribution in [0.25, 0.3) is 11.1 Å². The lowest BCUT2D eigenvalue weighted by Gasteiger charge is -2.12. The normalized spacial score (nSPS) is 12.2. The van der Waals surface area contributed by atoms with E-state index >= 15 is 0 Å². The molecule has 0 aliphatic heterocycles. The second kappa shape index (κ2) is 14.5. The fourth-order valence-electron chi connectivity index (χ4n) is 3.10. The molecule has 1 atom stereocenters. The monoisotopic (exact) mass is 462 g/mol. The van der Waals surface area contributed by atoms with Crippen molar-refractivity contribution in [3.05, 3.63) is 36.7 Å². The van der Waals surface area contributed by atoms with Crippen LogP contribution in [-0.2, 0) is 4.79 Å². The Balaban J connectivity index is 1.73. The van der Waals surface area contributed by atoms with Crippen molar-refractivity contribution in [3.8, 4) is 16.9 Å². The summed E-state index contributed by atoms with van der Waals surface area (Å²) in [5.41, 5.74) is 1.91. The van der Waals surface area contributed by atoms with E-state index in [-0.39, 0.29) is 5.92 Å². The van der Waals surface area contributed by atoms with Gasteiger partial charge in [-0.15, -0.1) is 11.6 Å². The molecule has 0 aliphatic rings. The number of benzene rings is 1. The number of nitrogens with zero attached hydrogens (tertiary/aromatic N) is 2. The Labute approximate surface area is 196 Å². The maximum Gasteiger partial charge on any atom is 0.329 e. The molecule has 0 aliphatic carbocycles. The molecule has 1 aromatic carbocycles. The lowest BCUT2D eigenvalue weighted by Crippen LogP contribution is -2.25. The average molecular weight is 463 g/mol. The van der Waals surface area contributed by atoms with Crippen LogP contribution in [-0.4, -0.2) is 27.1 Å². The van der Waals surface area contributed by atoms with Gasteiger partial charge in [-0.2, -0.15) is 0 Å². The van der Waals surface area contributed by atoms with Crippen LogP contribution in [0.15, 0.2) is 41.8 Å². The fraction of sp³-hybridized carbons (Fsp3) is 0.560. The van der Waals surface area contributed by atoms with Crippen molar-refractivity contribution < 1.29 is 9.53 Å². The van der Waals surface area contributed by atoms with E-state index < -0.39 is 11.3 Å². The maximum absolute atomic E-state index is 12.0. The number of aromatic nitrogens is 2. The van der Waals surface area contributed by atoms with Gasteiger partial charge in [0.25, 0.3) is 0 Å². The minimum atomic E-state index is -0.649. The molecule has 1 heterocycles. The van der Waals surface area contributed by atoms with Crippen molar-refractivity contribution in [3.63, 3.8) is 0 Å². The number of carbonyl (C=O) groups excluding carboxylic acids is 1. The van der Waals surface area contributed by atoms with E-state index in [1.54, 1.807) is 23.9 Å². The molecule has 0 spiro atoms. The first kappa shape index (κ1) is 25.7. The van der Waals surface area contributed by atoms with E-state index in [2.05, 4.69) is 16.9 Å². The molecule has 6 heteroatoms. The van der Waals surface area contributed by atoms with E-state index in [9.17, 15) is 4.79 Å². The summed E-state index contributed by atoms with van der Waals surface area (Å²) in [5, 5.41) is 0.169. The Hall–Kier alpha value is -1.59. The summed E-state index contributed by atoms with van der Waals surface area (Å²) in [6.45, 7) is 6.03. The number of carbonyl (C=O) groups is 1. The summed E-state index contributed by atoms with van der Waals surface area (Å²) in [6, 6.07) is 7.32. The predicted molar refractivity (Wildman–Crippen MR) is 131 cm³/mol. The second-order valence-electron chi connectivity index (χ2n) is 8.17. The van der Waals surface area contributed by atoms with Gasteiger partial charge in [-0.05, 0) is 30.0 Å². The van der Waals surface area contributed by atoms with Gasteiger partial charge >= 0.3 is 5.97 Å². The SMILES string of the molecule is CCCCCCCCCCSc1ncc(-c2ccc(OC(=O)[C@@H](Cl)C(C)C)cc2)cn1. The van der Waals surface area contributed by atoms with Crippen LogP contribution in [0.4, 0.5) is 0 Å². The topological polar surface area (TPSA) is 52.1 Å². The van der Waals surface area contributed by atoms with E-state index in [0.29, 0.717) is 5.75 Å². The highest BCUT2D eigenvalue weighted by molar-refractivity contribution is 7.99. The number of hydrogen-bond acceptors (Lipinski definition) is 5. The van der Waals surface area contributed by atoms with E-state index in [1.165, 1.54) is 51.4 Å². The van der Waals surface area contributed by atoms with Gasteiger partial charge < -0.3 is 4.74 Å². The zero-order chi connectivity index (χ0) is 22.5. The molecule has 0 bridgehead atoms. The van der Waals surface area contributed by atoms with Gasteiger partial charge in [0.15, 0.2) is 5.16 Å². The van der Waals surface area contributed by atoms with Crippen LogP contribution in [0, 0.1) is 5.92 Å². The van der Waals surface area contributed by atoms with Crippen LogP contribution in [0.3, 0.4) is 0 Å². The molecule has 0 N–H and O–H groups in total. The maximum atomic E-state index is 12.0. The number of halogens is 1. The molecular formula is C25H35ClN2O2S.